The van der Waals surface area contributed by atoms with Crippen molar-refractivity contribution in [3.05, 3.63) is 35.9 Å². The Kier molecular flexibility index (Phi) is 11.9. The monoisotopic (exact) mass is 587 g/mol. The van der Waals surface area contributed by atoms with Crippen molar-refractivity contribution < 1.29 is 38.6 Å². The van der Waals surface area contributed by atoms with Gasteiger partial charge in [0, 0.05) is 24.7 Å². The highest BCUT2D eigenvalue weighted by atomic mass is 16.5. The Balaban J connectivity index is 1.61. The predicted molar refractivity (Wildman–Crippen MR) is 152 cm³/mol. The molecule has 1 aromatic rings. The molecule has 0 aliphatic carbocycles. The predicted octanol–water partition coefficient (Wildman–Crippen LogP) is -0.308. The van der Waals surface area contributed by atoms with Gasteiger partial charge in [0.25, 0.3) is 0 Å². The van der Waals surface area contributed by atoms with E-state index < -0.39 is 47.9 Å². The standard InChI is InChI=1S/C29H41N5O8/c1-18(17-24(30)36)41-15-16-42-23-10-4-3-7-20(23)11-12-25(37)32-26(19(2)35)29(40)34-14-6-9-22(34)28(39)33-13-5-8-21(33)27(31)38/h3-4,7,10-12,18-19,21-22,26,35H,5-6,8-9,13-17H2,1-2H3,(H2,30,36)(H2,31,38)(H,32,37)/b12-11+/t18-,19-,21+,22+,26+/m1/s1. The Hall–Kier alpha value is -3.97. The number of rotatable bonds is 14. The van der Waals surface area contributed by atoms with Crippen LogP contribution in [0.5, 0.6) is 5.75 Å². The molecule has 0 unspecified atom stereocenters. The number of para-hydroxylation sites is 1. The number of hydrogen-bond donors (Lipinski definition) is 4. The SMILES string of the molecule is C[C@H](CC(N)=O)OCCOc1ccccc1/C=C/C(=O)N[C@H](C(=O)N1CCC[C@H]1C(=O)N1CCC[C@H]1C(N)=O)[C@@H](C)O. The minimum Gasteiger partial charge on any atom is -0.491 e. The number of aliphatic hydroxyl groups is 1. The zero-order chi connectivity index (χ0) is 30.8. The second-order valence-corrected chi connectivity index (χ2v) is 10.6. The first kappa shape index (κ1) is 32.5. The van der Waals surface area contributed by atoms with Crippen LogP contribution >= 0.6 is 0 Å². The number of carbonyl (C=O) groups is 5. The molecule has 6 N–H and O–H groups in total. The smallest absolute Gasteiger partial charge is 0.248 e. The fourth-order valence-corrected chi connectivity index (χ4v) is 5.23. The van der Waals surface area contributed by atoms with Crippen LogP contribution in [0, 0.1) is 0 Å². The van der Waals surface area contributed by atoms with E-state index in [1.165, 1.54) is 28.9 Å². The molecule has 230 valence electrons. The van der Waals surface area contributed by atoms with Crippen molar-refractivity contribution in [3.8, 4) is 5.75 Å². The first-order valence-corrected chi connectivity index (χ1v) is 14.2. The van der Waals surface area contributed by atoms with Crippen molar-refractivity contribution in [1.82, 2.24) is 15.1 Å². The minimum atomic E-state index is -1.29. The summed E-state index contributed by atoms with van der Waals surface area (Å²) in [6.45, 7) is 4.23. The zero-order valence-electron chi connectivity index (χ0n) is 24.1. The molecule has 0 bridgehead atoms. The number of nitrogens with zero attached hydrogens (tertiary/aromatic N) is 2. The Labute approximate surface area is 245 Å². The number of carbonyl (C=O) groups excluding carboxylic acids is 5. The largest absolute Gasteiger partial charge is 0.491 e. The Morgan fingerprint density at radius 2 is 1.69 bits per heavy atom. The maximum absolute atomic E-state index is 13.5. The van der Waals surface area contributed by atoms with Gasteiger partial charge in [0.1, 0.15) is 30.5 Å². The van der Waals surface area contributed by atoms with Crippen molar-refractivity contribution in [3.63, 3.8) is 0 Å². The third kappa shape index (κ3) is 8.76. The second-order valence-electron chi connectivity index (χ2n) is 10.6. The second kappa shape index (κ2) is 15.3. The molecule has 13 nitrogen and oxygen atoms in total. The van der Waals surface area contributed by atoms with Crippen LogP contribution in [-0.2, 0) is 28.7 Å². The number of amides is 5. The van der Waals surface area contributed by atoms with Gasteiger partial charge in [-0.15, -0.1) is 0 Å². The summed E-state index contributed by atoms with van der Waals surface area (Å²) >= 11 is 0. The average Bonchev–Trinajstić information content (AvgIpc) is 3.63. The number of nitrogens with two attached hydrogens (primary N) is 2. The molecule has 3 rings (SSSR count). The molecule has 0 spiro atoms. The van der Waals surface area contributed by atoms with E-state index in [0.717, 1.165) is 0 Å². The zero-order valence-corrected chi connectivity index (χ0v) is 24.1. The summed E-state index contributed by atoms with van der Waals surface area (Å²) in [5.41, 5.74) is 11.2. The van der Waals surface area contributed by atoms with Gasteiger partial charge >= 0.3 is 0 Å². The fraction of sp³-hybridized carbons (Fsp3) is 0.552. The highest BCUT2D eigenvalue weighted by molar-refractivity contribution is 5.98. The number of ether oxygens (including phenoxy) is 2. The molecule has 42 heavy (non-hydrogen) atoms. The lowest BCUT2D eigenvalue weighted by Crippen LogP contribution is -2.58. The van der Waals surface area contributed by atoms with Crippen LogP contribution in [0.4, 0.5) is 0 Å². The average molecular weight is 588 g/mol. The number of aliphatic hydroxyl groups excluding tert-OH is 1. The molecule has 2 saturated heterocycles. The molecule has 0 radical (unpaired) electrons. The third-order valence-electron chi connectivity index (χ3n) is 7.30. The molecular formula is C29H41N5O8. The summed E-state index contributed by atoms with van der Waals surface area (Å²) in [5.74, 6) is -2.08. The lowest BCUT2D eigenvalue weighted by molar-refractivity contribution is -0.148. The van der Waals surface area contributed by atoms with Gasteiger partial charge < -0.3 is 41.2 Å². The van der Waals surface area contributed by atoms with E-state index in [2.05, 4.69) is 5.32 Å². The lowest BCUT2D eigenvalue weighted by atomic mass is 10.1. The van der Waals surface area contributed by atoms with Crippen LogP contribution in [0.2, 0.25) is 0 Å². The summed E-state index contributed by atoms with van der Waals surface area (Å²) in [7, 11) is 0. The summed E-state index contributed by atoms with van der Waals surface area (Å²) in [6.07, 6.45) is 3.40. The number of benzene rings is 1. The molecule has 2 heterocycles. The van der Waals surface area contributed by atoms with Gasteiger partial charge in [0.05, 0.1) is 25.2 Å². The quantitative estimate of drug-likeness (QED) is 0.168. The van der Waals surface area contributed by atoms with Crippen LogP contribution in [0.15, 0.2) is 30.3 Å². The first-order valence-electron chi connectivity index (χ1n) is 14.2. The topological polar surface area (TPSA) is 195 Å². The van der Waals surface area contributed by atoms with E-state index >= 15 is 0 Å². The van der Waals surface area contributed by atoms with Crippen molar-refractivity contribution in [2.45, 2.75) is 76.3 Å². The van der Waals surface area contributed by atoms with Gasteiger partial charge in [-0.1, -0.05) is 18.2 Å². The fourth-order valence-electron chi connectivity index (χ4n) is 5.23. The van der Waals surface area contributed by atoms with Crippen LogP contribution < -0.4 is 21.5 Å². The molecular weight excluding hydrogens is 546 g/mol. The maximum atomic E-state index is 13.5. The van der Waals surface area contributed by atoms with E-state index in [1.807, 2.05) is 0 Å². The number of hydrogen-bond acceptors (Lipinski definition) is 8. The lowest BCUT2D eigenvalue weighted by Gasteiger charge is -2.33. The summed E-state index contributed by atoms with van der Waals surface area (Å²) in [5, 5.41) is 12.9. The molecule has 13 heteroatoms. The number of primary amides is 2. The van der Waals surface area contributed by atoms with Gasteiger partial charge in [-0.05, 0) is 51.7 Å². The van der Waals surface area contributed by atoms with Gasteiger partial charge in [0.15, 0.2) is 0 Å². The van der Waals surface area contributed by atoms with Gasteiger partial charge in [-0.3, -0.25) is 24.0 Å². The molecule has 2 aliphatic heterocycles. The molecule has 2 aliphatic rings. The summed E-state index contributed by atoms with van der Waals surface area (Å²) < 4.78 is 11.3. The van der Waals surface area contributed by atoms with Gasteiger partial charge in [-0.2, -0.15) is 0 Å². The molecule has 2 fully saturated rings. The van der Waals surface area contributed by atoms with E-state index in [1.54, 1.807) is 31.2 Å². The van der Waals surface area contributed by atoms with Crippen LogP contribution in [-0.4, -0.2) is 101 Å². The molecule has 5 atom stereocenters. The van der Waals surface area contributed by atoms with Gasteiger partial charge in [0.2, 0.25) is 29.5 Å². The van der Waals surface area contributed by atoms with E-state index in [0.29, 0.717) is 43.5 Å². The number of nitrogens with one attached hydrogen (secondary N) is 1. The summed E-state index contributed by atoms with van der Waals surface area (Å²) in [6, 6.07) is 4.23. The van der Waals surface area contributed by atoms with Gasteiger partial charge in [-0.25, -0.2) is 0 Å². The molecule has 0 aromatic heterocycles. The molecule has 0 saturated carbocycles. The van der Waals surface area contributed by atoms with Crippen LogP contribution in [0.1, 0.15) is 51.5 Å². The van der Waals surface area contributed by atoms with E-state index in [-0.39, 0.29) is 38.2 Å². The van der Waals surface area contributed by atoms with Crippen molar-refractivity contribution >= 4 is 35.6 Å². The highest BCUT2D eigenvalue weighted by Gasteiger charge is 2.43. The van der Waals surface area contributed by atoms with Crippen LogP contribution in [0.25, 0.3) is 6.08 Å². The minimum absolute atomic E-state index is 0.104. The Morgan fingerprint density at radius 3 is 2.36 bits per heavy atom. The normalized spacial score (nSPS) is 20.7. The molecule has 1 aromatic carbocycles. The first-order chi connectivity index (χ1) is 20.0. The highest BCUT2D eigenvalue weighted by Crippen LogP contribution is 2.26. The molecule has 5 amide bonds. The maximum Gasteiger partial charge on any atom is 0.248 e. The third-order valence-corrected chi connectivity index (χ3v) is 7.30. The Bertz CT molecular complexity index is 1170. The van der Waals surface area contributed by atoms with Crippen molar-refractivity contribution in [2.24, 2.45) is 11.5 Å². The summed E-state index contributed by atoms with van der Waals surface area (Å²) in [4.78, 5) is 65.1. The van der Waals surface area contributed by atoms with Crippen molar-refractivity contribution in [2.75, 3.05) is 26.3 Å². The Morgan fingerprint density at radius 1 is 1.02 bits per heavy atom. The van der Waals surface area contributed by atoms with Crippen LogP contribution in [0.3, 0.4) is 0 Å². The van der Waals surface area contributed by atoms with Crippen molar-refractivity contribution in [1.29, 1.82) is 0 Å². The van der Waals surface area contributed by atoms with E-state index in [9.17, 15) is 29.1 Å². The van der Waals surface area contributed by atoms with E-state index in [4.69, 9.17) is 20.9 Å². The number of likely N-dealkylation sites (tertiary alicyclic amines) is 2.